The van der Waals surface area contributed by atoms with Crippen molar-refractivity contribution in [1.29, 1.82) is 0 Å². The summed E-state index contributed by atoms with van der Waals surface area (Å²) in [7, 11) is 0. The molecule has 1 aromatic heterocycles. The zero-order valence-corrected chi connectivity index (χ0v) is 19.2. The molecule has 0 saturated heterocycles. The van der Waals surface area contributed by atoms with Crippen molar-refractivity contribution in [2.45, 2.75) is 47.0 Å². The molecule has 2 N–H and O–H groups in total. The lowest BCUT2D eigenvalue weighted by Crippen LogP contribution is -2.33. The van der Waals surface area contributed by atoms with Gasteiger partial charge in [0.2, 0.25) is 11.8 Å². The van der Waals surface area contributed by atoms with Gasteiger partial charge in [-0.3, -0.25) is 9.59 Å². The zero-order valence-electron chi connectivity index (χ0n) is 19.2. The van der Waals surface area contributed by atoms with Crippen LogP contribution in [-0.4, -0.2) is 23.3 Å². The largest absolute Gasteiger partial charge is 0.441 e. The smallest absolute Gasteiger partial charge is 0.243 e. The van der Waals surface area contributed by atoms with Crippen LogP contribution < -0.4 is 10.6 Å². The second-order valence-electron chi connectivity index (χ2n) is 8.49. The van der Waals surface area contributed by atoms with Gasteiger partial charge in [-0.05, 0) is 48.9 Å². The third-order valence-electron chi connectivity index (χ3n) is 5.33. The first-order chi connectivity index (χ1) is 15.3. The monoisotopic (exact) mass is 433 g/mol. The molecule has 32 heavy (non-hydrogen) atoms. The summed E-state index contributed by atoms with van der Waals surface area (Å²) in [6.07, 6.45) is 3.29. The van der Waals surface area contributed by atoms with E-state index in [2.05, 4.69) is 41.6 Å². The Labute approximate surface area is 189 Å². The quantitative estimate of drug-likeness (QED) is 0.505. The maximum atomic E-state index is 12.1. The fourth-order valence-electron chi connectivity index (χ4n) is 3.40. The highest BCUT2D eigenvalue weighted by Gasteiger charge is 2.11. The molecule has 0 spiro atoms. The van der Waals surface area contributed by atoms with E-state index in [0.717, 1.165) is 28.8 Å². The Hall–Kier alpha value is -3.41. The normalized spacial score (nSPS) is 10.9. The molecule has 1 heterocycles. The molecule has 0 aliphatic carbocycles. The molecule has 3 aromatic rings. The number of aryl methyl sites for hydroxylation is 2. The SMILES string of the molecule is Cc1cccc(NC(=O)CNC(=O)CCc2ncc(-c3ccc(CC(C)C)cc3)o2)c1C. The van der Waals surface area contributed by atoms with Crippen LogP contribution in [0.3, 0.4) is 0 Å². The summed E-state index contributed by atoms with van der Waals surface area (Å²) < 4.78 is 5.80. The van der Waals surface area contributed by atoms with E-state index in [0.29, 0.717) is 24.0 Å². The van der Waals surface area contributed by atoms with Gasteiger partial charge < -0.3 is 15.1 Å². The zero-order chi connectivity index (χ0) is 23.1. The molecule has 0 atom stereocenters. The average Bonchev–Trinajstić information content (AvgIpc) is 3.23. The molecule has 0 fully saturated rings. The molecule has 2 amide bonds. The number of anilines is 1. The number of benzene rings is 2. The number of carbonyl (C=O) groups is 2. The van der Waals surface area contributed by atoms with E-state index in [1.807, 2.05) is 44.2 Å². The van der Waals surface area contributed by atoms with Crippen molar-refractivity contribution in [2.24, 2.45) is 5.92 Å². The lowest BCUT2D eigenvalue weighted by atomic mass is 10.0. The maximum absolute atomic E-state index is 12.1. The summed E-state index contributed by atoms with van der Waals surface area (Å²) in [5.74, 6) is 1.32. The number of oxazole rings is 1. The van der Waals surface area contributed by atoms with E-state index in [4.69, 9.17) is 4.42 Å². The van der Waals surface area contributed by atoms with Crippen molar-refractivity contribution in [1.82, 2.24) is 10.3 Å². The molecule has 2 aromatic carbocycles. The van der Waals surface area contributed by atoms with Crippen molar-refractivity contribution < 1.29 is 14.0 Å². The van der Waals surface area contributed by atoms with Crippen LogP contribution in [-0.2, 0) is 22.4 Å². The number of hydrogen-bond donors (Lipinski definition) is 2. The highest BCUT2D eigenvalue weighted by Crippen LogP contribution is 2.22. The molecule has 0 radical (unpaired) electrons. The summed E-state index contributed by atoms with van der Waals surface area (Å²) >= 11 is 0. The summed E-state index contributed by atoms with van der Waals surface area (Å²) in [4.78, 5) is 28.6. The molecule has 0 bridgehead atoms. The first kappa shape index (κ1) is 23.3. The minimum absolute atomic E-state index is 0.0776. The van der Waals surface area contributed by atoms with E-state index < -0.39 is 0 Å². The number of nitrogens with one attached hydrogen (secondary N) is 2. The van der Waals surface area contributed by atoms with Crippen molar-refractivity contribution >= 4 is 17.5 Å². The lowest BCUT2D eigenvalue weighted by molar-refractivity contribution is -0.124. The van der Waals surface area contributed by atoms with Gasteiger partial charge in [-0.25, -0.2) is 4.98 Å². The van der Waals surface area contributed by atoms with Crippen LogP contribution in [0.15, 0.2) is 53.1 Å². The average molecular weight is 434 g/mol. The summed E-state index contributed by atoms with van der Waals surface area (Å²) in [6.45, 7) is 8.26. The Balaban J connectivity index is 1.45. The summed E-state index contributed by atoms with van der Waals surface area (Å²) in [5, 5.41) is 5.48. The van der Waals surface area contributed by atoms with Gasteiger partial charge in [0.15, 0.2) is 11.7 Å². The fourth-order valence-corrected chi connectivity index (χ4v) is 3.40. The van der Waals surface area contributed by atoms with Gasteiger partial charge in [0.05, 0.1) is 12.7 Å². The third kappa shape index (κ3) is 6.54. The lowest BCUT2D eigenvalue weighted by Gasteiger charge is -2.10. The number of aromatic nitrogens is 1. The Morgan fingerprint density at radius 3 is 2.50 bits per heavy atom. The third-order valence-corrected chi connectivity index (χ3v) is 5.33. The Bertz CT molecular complexity index is 1070. The van der Waals surface area contributed by atoms with Crippen molar-refractivity contribution in [2.75, 3.05) is 11.9 Å². The van der Waals surface area contributed by atoms with E-state index in [1.54, 1.807) is 6.20 Å². The van der Waals surface area contributed by atoms with Crippen molar-refractivity contribution in [3.8, 4) is 11.3 Å². The Kier molecular flexibility index (Phi) is 7.82. The van der Waals surface area contributed by atoms with Crippen LogP contribution in [0.2, 0.25) is 0 Å². The van der Waals surface area contributed by atoms with E-state index in [1.165, 1.54) is 5.56 Å². The van der Waals surface area contributed by atoms with Gasteiger partial charge in [0.1, 0.15) is 0 Å². The first-order valence-corrected chi connectivity index (χ1v) is 11.0. The van der Waals surface area contributed by atoms with E-state index >= 15 is 0 Å². The van der Waals surface area contributed by atoms with Crippen molar-refractivity contribution in [3.63, 3.8) is 0 Å². The van der Waals surface area contributed by atoms with Crippen LogP contribution in [0, 0.1) is 19.8 Å². The molecule has 0 aliphatic heterocycles. The first-order valence-electron chi connectivity index (χ1n) is 11.0. The second kappa shape index (κ2) is 10.8. The van der Waals surface area contributed by atoms with Gasteiger partial charge in [0.25, 0.3) is 0 Å². The molecule has 0 aliphatic rings. The topological polar surface area (TPSA) is 84.2 Å². The van der Waals surface area contributed by atoms with Crippen LogP contribution in [0.25, 0.3) is 11.3 Å². The van der Waals surface area contributed by atoms with Crippen LogP contribution in [0.5, 0.6) is 0 Å². The second-order valence-corrected chi connectivity index (χ2v) is 8.49. The van der Waals surface area contributed by atoms with Gasteiger partial charge in [-0.1, -0.05) is 50.2 Å². The standard InChI is InChI=1S/C26H31N3O3/c1-17(2)14-20-8-10-21(11-9-20)23-15-28-26(32-23)13-12-24(30)27-16-25(31)29-22-7-5-6-18(3)19(22)4/h5-11,15,17H,12-14,16H2,1-4H3,(H,27,30)(H,29,31). The summed E-state index contributed by atoms with van der Waals surface area (Å²) in [5.41, 5.74) is 5.13. The molecule has 0 unspecified atom stereocenters. The molecule has 6 heteroatoms. The molecular formula is C26H31N3O3. The predicted octanol–water partition coefficient (Wildman–Crippen LogP) is 4.84. The number of amides is 2. The summed E-state index contributed by atoms with van der Waals surface area (Å²) in [6, 6.07) is 14.0. The molecule has 168 valence electrons. The van der Waals surface area contributed by atoms with Gasteiger partial charge in [0, 0.05) is 24.1 Å². The minimum atomic E-state index is -0.258. The van der Waals surface area contributed by atoms with Gasteiger partial charge in [-0.15, -0.1) is 0 Å². The number of rotatable bonds is 9. The number of nitrogens with zero attached hydrogens (tertiary/aromatic N) is 1. The molecule has 3 rings (SSSR count). The Morgan fingerprint density at radius 2 is 1.78 bits per heavy atom. The molecule has 0 saturated carbocycles. The number of hydrogen-bond acceptors (Lipinski definition) is 4. The predicted molar refractivity (Wildman–Crippen MR) is 126 cm³/mol. The van der Waals surface area contributed by atoms with E-state index in [-0.39, 0.29) is 24.8 Å². The van der Waals surface area contributed by atoms with Crippen molar-refractivity contribution in [3.05, 3.63) is 71.2 Å². The Morgan fingerprint density at radius 1 is 1.03 bits per heavy atom. The van der Waals surface area contributed by atoms with Crippen LogP contribution >= 0.6 is 0 Å². The molecular weight excluding hydrogens is 402 g/mol. The van der Waals surface area contributed by atoms with Crippen LogP contribution in [0.4, 0.5) is 5.69 Å². The highest BCUT2D eigenvalue weighted by molar-refractivity contribution is 5.95. The van der Waals surface area contributed by atoms with E-state index in [9.17, 15) is 9.59 Å². The van der Waals surface area contributed by atoms with Gasteiger partial charge in [-0.2, -0.15) is 0 Å². The highest BCUT2D eigenvalue weighted by atomic mass is 16.4. The maximum Gasteiger partial charge on any atom is 0.243 e. The number of carbonyl (C=O) groups excluding carboxylic acids is 2. The minimum Gasteiger partial charge on any atom is -0.441 e. The van der Waals surface area contributed by atoms with Gasteiger partial charge >= 0.3 is 0 Å². The fraction of sp³-hybridized carbons (Fsp3) is 0.346. The molecule has 6 nitrogen and oxygen atoms in total. The van der Waals surface area contributed by atoms with Crippen LogP contribution in [0.1, 0.15) is 42.8 Å².